The first kappa shape index (κ1) is 13.8. The Labute approximate surface area is 110 Å². The fourth-order valence-electron chi connectivity index (χ4n) is 1.43. The molecule has 0 radical (unpaired) electrons. The molecule has 0 amide bonds. The van der Waals surface area contributed by atoms with Crippen molar-refractivity contribution in [2.75, 3.05) is 11.9 Å². The molecule has 0 saturated carbocycles. The maximum absolute atomic E-state index is 10.8. The lowest BCUT2D eigenvalue weighted by Gasteiger charge is -2.07. The Morgan fingerprint density at radius 1 is 1.53 bits per heavy atom. The second-order valence-corrected chi connectivity index (χ2v) is 4.61. The summed E-state index contributed by atoms with van der Waals surface area (Å²) in [7, 11) is 0. The Balaban J connectivity index is 2.65. The van der Waals surface area contributed by atoms with E-state index in [1.54, 1.807) is 6.08 Å². The van der Waals surface area contributed by atoms with Crippen LogP contribution in [0.15, 0.2) is 34.3 Å². The fourth-order valence-corrected chi connectivity index (χ4v) is 2.06. The monoisotopic (exact) mass is 297 g/mol. The van der Waals surface area contributed by atoms with E-state index in [9.17, 15) is 4.79 Å². The van der Waals surface area contributed by atoms with Crippen LogP contribution in [0.25, 0.3) is 0 Å². The lowest BCUT2D eigenvalue weighted by Crippen LogP contribution is -2.05. The average Bonchev–Trinajstić information content (AvgIpc) is 2.26. The van der Waals surface area contributed by atoms with Crippen LogP contribution in [0, 0.1) is 6.92 Å². The molecule has 0 aliphatic rings. The summed E-state index contributed by atoms with van der Waals surface area (Å²) < 4.78 is 0.985. The van der Waals surface area contributed by atoms with Gasteiger partial charge in [-0.2, -0.15) is 0 Å². The van der Waals surface area contributed by atoms with E-state index in [4.69, 9.17) is 5.11 Å². The highest BCUT2D eigenvalue weighted by Crippen LogP contribution is 2.23. The molecule has 1 aromatic rings. The number of rotatable bonds is 5. The van der Waals surface area contributed by atoms with Gasteiger partial charge in [0.25, 0.3) is 0 Å². The third-order valence-corrected chi connectivity index (χ3v) is 3.08. The van der Waals surface area contributed by atoms with Crippen LogP contribution in [-0.4, -0.2) is 17.6 Å². The van der Waals surface area contributed by atoms with E-state index in [0.717, 1.165) is 10.2 Å². The summed E-state index contributed by atoms with van der Waals surface area (Å²) in [5, 5.41) is 12.0. The van der Waals surface area contributed by atoms with Crippen molar-refractivity contribution in [2.45, 2.75) is 20.3 Å². The second-order valence-electron chi connectivity index (χ2n) is 3.75. The number of hydrogen-bond donors (Lipinski definition) is 2. The molecule has 17 heavy (non-hydrogen) atoms. The van der Waals surface area contributed by atoms with Crippen LogP contribution in [0.3, 0.4) is 0 Å². The molecule has 0 aliphatic carbocycles. The Hall–Kier alpha value is -1.29. The molecule has 0 aromatic heterocycles. The number of hydrogen-bond acceptors (Lipinski definition) is 2. The van der Waals surface area contributed by atoms with E-state index in [-0.39, 0.29) is 0 Å². The van der Waals surface area contributed by atoms with E-state index in [0.29, 0.717) is 18.5 Å². The number of aryl methyl sites for hydroxylation is 1. The zero-order valence-electron chi connectivity index (χ0n) is 9.96. The van der Waals surface area contributed by atoms with Crippen molar-refractivity contribution in [1.29, 1.82) is 0 Å². The van der Waals surface area contributed by atoms with Crippen LogP contribution in [-0.2, 0) is 4.79 Å². The quantitative estimate of drug-likeness (QED) is 0.817. The highest BCUT2D eigenvalue weighted by Gasteiger charge is 2.03. The Bertz CT molecular complexity index is 441. The zero-order valence-corrected chi connectivity index (χ0v) is 11.5. The molecule has 0 fully saturated rings. The standard InChI is InChI=1S/C13H16BrNO2/c1-3-10(13(16)17)6-7-15-12-5-4-9(2)8-11(12)14/h4-6,8,15H,3,7H2,1-2H3,(H,16,17)/b10-6-. The van der Waals surface area contributed by atoms with Crippen molar-refractivity contribution in [2.24, 2.45) is 0 Å². The molecule has 0 heterocycles. The Kier molecular flexibility index (Phi) is 5.22. The van der Waals surface area contributed by atoms with E-state index in [2.05, 4.69) is 21.2 Å². The van der Waals surface area contributed by atoms with Crippen LogP contribution in [0.2, 0.25) is 0 Å². The van der Waals surface area contributed by atoms with Crippen molar-refractivity contribution in [3.63, 3.8) is 0 Å². The molecule has 92 valence electrons. The van der Waals surface area contributed by atoms with Gasteiger partial charge >= 0.3 is 5.97 Å². The number of aliphatic carboxylic acids is 1. The number of nitrogens with one attached hydrogen (secondary N) is 1. The SMILES string of the molecule is CC/C(=C/CNc1ccc(C)cc1Br)C(=O)O. The highest BCUT2D eigenvalue weighted by atomic mass is 79.9. The summed E-state index contributed by atoms with van der Waals surface area (Å²) in [5.74, 6) is -0.850. The van der Waals surface area contributed by atoms with Crippen molar-refractivity contribution >= 4 is 27.6 Å². The van der Waals surface area contributed by atoms with Gasteiger partial charge in [-0.05, 0) is 47.0 Å². The first-order chi connectivity index (χ1) is 8.04. The average molecular weight is 298 g/mol. The van der Waals surface area contributed by atoms with Crippen LogP contribution in [0.1, 0.15) is 18.9 Å². The number of carboxylic acid groups (broad SMARTS) is 1. The minimum atomic E-state index is -0.850. The number of halogens is 1. The molecule has 0 bridgehead atoms. The number of benzene rings is 1. The smallest absolute Gasteiger partial charge is 0.331 e. The van der Waals surface area contributed by atoms with E-state index >= 15 is 0 Å². The molecule has 0 aliphatic heterocycles. The molecular weight excluding hydrogens is 282 g/mol. The van der Waals surface area contributed by atoms with Gasteiger partial charge in [-0.15, -0.1) is 0 Å². The Morgan fingerprint density at radius 3 is 2.76 bits per heavy atom. The number of anilines is 1. The van der Waals surface area contributed by atoms with E-state index in [1.165, 1.54) is 5.56 Å². The topological polar surface area (TPSA) is 49.3 Å². The third-order valence-electron chi connectivity index (χ3n) is 2.42. The van der Waals surface area contributed by atoms with Gasteiger partial charge in [-0.3, -0.25) is 0 Å². The molecule has 0 saturated heterocycles. The number of carbonyl (C=O) groups is 1. The predicted octanol–water partition coefficient (Wildman–Crippen LogP) is 3.59. The summed E-state index contributed by atoms with van der Waals surface area (Å²) in [6, 6.07) is 6.00. The summed E-state index contributed by atoms with van der Waals surface area (Å²) >= 11 is 3.46. The summed E-state index contributed by atoms with van der Waals surface area (Å²) in [4.78, 5) is 10.8. The fraction of sp³-hybridized carbons (Fsp3) is 0.308. The highest BCUT2D eigenvalue weighted by molar-refractivity contribution is 9.10. The molecule has 1 aromatic carbocycles. The van der Waals surface area contributed by atoms with Gasteiger partial charge in [-0.1, -0.05) is 19.1 Å². The summed E-state index contributed by atoms with van der Waals surface area (Å²) in [6.07, 6.45) is 2.24. The summed E-state index contributed by atoms with van der Waals surface area (Å²) in [6.45, 7) is 4.37. The second kappa shape index (κ2) is 6.45. The molecule has 2 N–H and O–H groups in total. The maximum Gasteiger partial charge on any atom is 0.331 e. The first-order valence-electron chi connectivity index (χ1n) is 5.47. The summed E-state index contributed by atoms with van der Waals surface area (Å²) in [5.41, 5.74) is 2.58. The first-order valence-corrected chi connectivity index (χ1v) is 6.26. The van der Waals surface area contributed by atoms with Gasteiger partial charge in [0.1, 0.15) is 0 Å². The lowest BCUT2D eigenvalue weighted by atomic mass is 10.2. The molecule has 4 heteroatoms. The molecular formula is C13H16BrNO2. The van der Waals surface area contributed by atoms with Gasteiger partial charge in [0.2, 0.25) is 0 Å². The van der Waals surface area contributed by atoms with Crippen LogP contribution in [0.5, 0.6) is 0 Å². The van der Waals surface area contributed by atoms with Crippen molar-refractivity contribution in [3.8, 4) is 0 Å². The van der Waals surface area contributed by atoms with Crippen molar-refractivity contribution < 1.29 is 9.90 Å². The largest absolute Gasteiger partial charge is 0.478 e. The normalized spacial score (nSPS) is 11.4. The van der Waals surface area contributed by atoms with Gasteiger partial charge in [0, 0.05) is 22.3 Å². The minimum Gasteiger partial charge on any atom is -0.478 e. The van der Waals surface area contributed by atoms with Crippen LogP contribution < -0.4 is 5.32 Å². The van der Waals surface area contributed by atoms with Gasteiger partial charge in [0.05, 0.1) is 0 Å². The number of carboxylic acids is 1. The van der Waals surface area contributed by atoms with E-state index in [1.807, 2.05) is 32.0 Å². The molecule has 0 spiro atoms. The Morgan fingerprint density at radius 2 is 2.24 bits per heavy atom. The minimum absolute atomic E-state index is 0.431. The van der Waals surface area contributed by atoms with Crippen molar-refractivity contribution in [1.82, 2.24) is 0 Å². The maximum atomic E-state index is 10.8. The van der Waals surface area contributed by atoms with Crippen LogP contribution in [0.4, 0.5) is 5.69 Å². The van der Waals surface area contributed by atoms with Gasteiger partial charge in [-0.25, -0.2) is 4.79 Å². The third kappa shape index (κ3) is 4.23. The van der Waals surface area contributed by atoms with Gasteiger partial charge in [0.15, 0.2) is 0 Å². The zero-order chi connectivity index (χ0) is 12.8. The van der Waals surface area contributed by atoms with E-state index < -0.39 is 5.97 Å². The van der Waals surface area contributed by atoms with Crippen LogP contribution >= 0.6 is 15.9 Å². The lowest BCUT2D eigenvalue weighted by molar-refractivity contribution is -0.132. The molecule has 1 rings (SSSR count). The predicted molar refractivity (Wildman–Crippen MR) is 73.4 cm³/mol. The van der Waals surface area contributed by atoms with Gasteiger partial charge < -0.3 is 10.4 Å². The molecule has 0 atom stereocenters. The molecule has 3 nitrogen and oxygen atoms in total. The molecule has 0 unspecified atom stereocenters. The van der Waals surface area contributed by atoms with Crippen molar-refractivity contribution in [3.05, 3.63) is 39.9 Å².